The molecule has 0 bridgehead atoms. The Labute approximate surface area is 136 Å². The Morgan fingerprint density at radius 1 is 1.39 bits per heavy atom. The molecule has 1 saturated heterocycles. The maximum atomic E-state index is 12.3. The molecule has 6 nitrogen and oxygen atoms in total. The molecule has 1 aromatic rings. The zero-order valence-corrected chi connectivity index (χ0v) is 13.8. The normalized spacial score (nSPS) is 28.9. The zero-order chi connectivity index (χ0) is 16.5. The summed E-state index contributed by atoms with van der Waals surface area (Å²) in [5, 5.41) is 1.21. The van der Waals surface area contributed by atoms with Crippen LogP contribution in [0, 0.1) is 0 Å². The van der Waals surface area contributed by atoms with Gasteiger partial charge in [0.15, 0.2) is 0 Å². The smallest absolute Gasteiger partial charge is 0.410 e. The van der Waals surface area contributed by atoms with Gasteiger partial charge >= 0.3 is 6.09 Å². The molecule has 1 fully saturated rings. The summed E-state index contributed by atoms with van der Waals surface area (Å²) in [5.41, 5.74) is 0.377. The molecule has 7 heteroatoms. The van der Waals surface area contributed by atoms with E-state index in [1.807, 2.05) is 37.3 Å². The summed E-state index contributed by atoms with van der Waals surface area (Å²) in [6, 6.07) is 9.41. The second kappa shape index (κ2) is 5.98. The Balaban J connectivity index is 1.58. The van der Waals surface area contributed by atoms with Crippen molar-refractivity contribution in [2.24, 2.45) is 0 Å². The van der Waals surface area contributed by atoms with Crippen molar-refractivity contribution in [3.05, 3.63) is 47.4 Å². The number of amides is 1. The second-order valence-corrected chi connectivity index (χ2v) is 7.71. The van der Waals surface area contributed by atoms with E-state index in [2.05, 4.69) is 4.72 Å². The minimum Gasteiger partial charge on any atom is -0.445 e. The fourth-order valence-electron chi connectivity index (χ4n) is 3.17. The van der Waals surface area contributed by atoms with Crippen LogP contribution in [0.1, 0.15) is 25.3 Å². The van der Waals surface area contributed by atoms with Gasteiger partial charge in [-0.25, -0.2) is 17.9 Å². The average Bonchev–Trinajstić information content (AvgIpc) is 2.80. The standard InChI is InChI=1S/C16H20N2O4S/c1-13-11-16(8-10-23(20,21)17-16)7-9-18(13)15(19)22-12-14-5-3-2-4-6-14/h2-6,8,10,13,17H,7,9,11-12H2,1H3/t13-,16-/m0/s1. The maximum Gasteiger partial charge on any atom is 0.410 e. The highest BCUT2D eigenvalue weighted by Crippen LogP contribution is 2.32. The first-order valence-corrected chi connectivity index (χ1v) is 9.14. The van der Waals surface area contributed by atoms with Crippen LogP contribution in [0.2, 0.25) is 0 Å². The Morgan fingerprint density at radius 2 is 2.13 bits per heavy atom. The van der Waals surface area contributed by atoms with Gasteiger partial charge in [-0.2, -0.15) is 0 Å². The number of ether oxygens (including phenoxy) is 1. The van der Waals surface area contributed by atoms with E-state index in [0.29, 0.717) is 19.4 Å². The highest BCUT2D eigenvalue weighted by Gasteiger charge is 2.43. The summed E-state index contributed by atoms with van der Waals surface area (Å²) in [4.78, 5) is 13.9. The third-order valence-electron chi connectivity index (χ3n) is 4.34. The lowest BCUT2D eigenvalue weighted by molar-refractivity contribution is 0.0608. The molecule has 2 aliphatic heterocycles. The first-order chi connectivity index (χ1) is 10.9. The molecule has 0 unspecified atom stereocenters. The Kier molecular flexibility index (Phi) is 4.16. The van der Waals surface area contributed by atoms with Gasteiger partial charge in [-0.3, -0.25) is 0 Å². The molecule has 2 heterocycles. The molecule has 3 rings (SSSR count). The molecular weight excluding hydrogens is 316 g/mol. The van der Waals surface area contributed by atoms with Crippen LogP contribution >= 0.6 is 0 Å². The minimum atomic E-state index is -3.33. The maximum absolute atomic E-state index is 12.3. The SMILES string of the molecule is C[C@H]1C[C@@]2(C=CS(=O)(=O)N2)CCN1C(=O)OCc1ccccc1. The number of carbonyl (C=O) groups is 1. The van der Waals surface area contributed by atoms with Crippen LogP contribution in [0.4, 0.5) is 4.79 Å². The first kappa shape index (κ1) is 16.0. The lowest BCUT2D eigenvalue weighted by atomic mass is 9.85. The number of hydrogen-bond donors (Lipinski definition) is 1. The van der Waals surface area contributed by atoms with Crippen LogP contribution in [0.3, 0.4) is 0 Å². The van der Waals surface area contributed by atoms with Crippen LogP contribution in [-0.2, 0) is 21.4 Å². The Bertz CT molecular complexity index is 717. The highest BCUT2D eigenvalue weighted by molar-refractivity contribution is 7.92. The van der Waals surface area contributed by atoms with Crippen molar-refractivity contribution >= 4 is 16.1 Å². The zero-order valence-electron chi connectivity index (χ0n) is 12.9. The summed E-state index contributed by atoms with van der Waals surface area (Å²) < 4.78 is 31.2. The van der Waals surface area contributed by atoms with E-state index in [1.165, 1.54) is 5.41 Å². The Hall–Kier alpha value is -1.86. The summed E-state index contributed by atoms with van der Waals surface area (Å²) in [6.07, 6.45) is 2.43. The predicted octanol–water partition coefficient (Wildman–Crippen LogP) is 1.99. The molecular formula is C16H20N2O4S. The lowest BCUT2D eigenvalue weighted by Crippen LogP contribution is -2.55. The van der Waals surface area contributed by atoms with Gasteiger partial charge in [0.25, 0.3) is 0 Å². The van der Waals surface area contributed by atoms with Crippen molar-refractivity contribution in [1.82, 2.24) is 9.62 Å². The molecule has 23 heavy (non-hydrogen) atoms. The summed E-state index contributed by atoms with van der Waals surface area (Å²) in [5.74, 6) is 0. The van der Waals surface area contributed by atoms with Gasteiger partial charge in [0, 0.05) is 18.0 Å². The second-order valence-electron chi connectivity index (χ2n) is 6.14. The summed E-state index contributed by atoms with van der Waals surface area (Å²) in [6.45, 7) is 2.60. The van der Waals surface area contributed by atoms with Gasteiger partial charge in [0.2, 0.25) is 10.0 Å². The summed E-state index contributed by atoms with van der Waals surface area (Å²) in [7, 11) is -3.33. The molecule has 1 N–H and O–H groups in total. The molecule has 0 radical (unpaired) electrons. The molecule has 0 aliphatic carbocycles. The number of rotatable bonds is 2. The molecule has 1 aromatic carbocycles. The van der Waals surface area contributed by atoms with Gasteiger partial charge in [-0.15, -0.1) is 0 Å². The number of carbonyl (C=O) groups excluding carboxylic acids is 1. The van der Waals surface area contributed by atoms with E-state index in [9.17, 15) is 13.2 Å². The third kappa shape index (κ3) is 3.56. The van der Waals surface area contributed by atoms with Crippen molar-refractivity contribution < 1.29 is 17.9 Å². The number of sulfonamides is 1. The van der Waals surface area contributed by atoms with Gasteiger partial charge in [-0.05, 0) is 25.3 Å². The van der Waals surface area contributed by atoms with Crippen molar-refractivity contribution in [3.63, 3.8) is 0 Å². The topological polar surface area (TPSA) is 75.7 Å². The number of hydrogen-bond acceptors (Lipinski definition) is 4. The van der Waals surface area contributed by atoms with E-state index >= 15 is 0 Å². The van der Waals surface area contributed by atoms with E-state index in [4.69, 9.17) is 4.74 Å². The molecule has 0 aromatic heterocycles. The highest BCUT2D eigenvalue weighted by atomic mass is 32.2. The van der Waals surface area contributed by atoms with Crippen LogP contribution in [0.5, 0.6) is 0 Å². The quantitative estimate of drug-likeness (QED) is 0.896. The lowest BCUT2D eigenvalue weighted by Gasteiger charge is -2.41. The molecule has 1 amide bonds. The number of piperidine rings is 1. The molecule has 0 saturated carbocycles. The van der Waals surface area contributed by atoms with Gasteiger partial charge < -0.3 is 9.64 Å². The number of nitrogens with zero attached hydrogens (tertiary/aromatic N) is 1. The molecule has 2 atom stereocenters. The number of likely N-dealkylation sites (tertiary alicyclic amines) is 1. The largest absolute Gasteiger partial charge is 0.445 e. The van der Waals surface area contributed by atoms with E-state index in [-0.39, 0.29) is 18.7 Å². The Morgan fingerprint density at radius 3 is 2.74 bits per heavy atom. The fourth-order valence-corrected chi connectivity index (χ4v) is 4.50. The van der Waals surface area contributed by atoms with Crippen molar-refractivity contribution in [2.75, 3.05) is 6.54 Å². The van der Waals surface area contributed by atoms with Gasteiger partial charge in [0.1, 0.15) is 6.61 Å². The first-order valence-electron chi connectivity index (χ1n) is 7.60. The van der Waals surface area contributed by atoms with E-state index < -0.39 is 15.6 Å². The number of benzene rings is 1. The van der Waals surface area contributed by atoms with Crippen LogP contribution in [0.15, 0.2) is 41.8 Å². The fraction of sp³-hybridized carbons (Fsp3) is 0.438. The molecule has 124 valence electrons. The minimum absolute atomic E-state index is 0.0996. The monoisotopic (exact) mass is 336 g/mol. The average molecular weight is 336 g/mol. The van der Waals surface area contributed by atoms with Crippen LogP contribution in [0.25, 0.3) is 0 Å². The van der Waals surface area contributed by atoms with Gasteiger partial charge in [0.05, 0.1) is 5.54 Å². The van der Waals surface area contributed by atoms with Crippen molar-refractivity contribution in [2.45, 2.75) is 38.0 Å². The molecule has 1 spiro atoms. The van der Waals surface area contributed by atoms with Crippen molar-refractivity contribution in [3.8, 4) is 0 Å². The van der Waals surface area contributed by atoms with Crippen LogP contribution < -0.4 is 4.72 Å². The summed E-state index contributed by atoms with van der Waals surface area (Å²) >= 11 is 0. The van der Waals surface area contributed by atoms with E-state index in [0.717, 1.165) is 5.56 Å². The van der Waals surface area contributed by atoms with Gasteiger partial charge in [-0.1, -0.05) is 36.4 Å². The van der Waals surface area contributed by atoms with Crippen molar-refractivity contribution in [1.29, 1.82) is 0 Å². The molecule has 2 aliphatic rings. The number of nitrogens with one attached hydrogen (secondary N) is 1. The van der Waals surface area contributed by atoms with E-state index in [1.54, 1.807) is 11.0 Å². The predicted molar refractivity (Wildman–Crippen MR) is 86.0 cm³/mol. The van der Waals surface area contributed by atoms with Crippen LogP contribution in [-0.4, -0.2) is 37.5 Å². The third-order valence-corrected chi connectivity index (χ3v) is 5.53.